The van der Waals surface area contributed by atoms with Gasteiger partial charge in [-0.3, -0.25) is 4.90 Å². The molecule has 0 spiro atoms. The minimum Gasteiger partial charge on any atom is -0.399 e. The van der Waals surface area contributed by atoms with E-state index in [1.807, 2.05) is 0 Å². The van der Waals surface area contributed by atoms with E-state index in [4.69, 9.17) is 5.73 Å². The van der Waals surface area contributed by atoms with Crippen LogP contribution < -0.4 is 5.73 Å². The number of nitrogen functional groups attached to an aromatic ring is 1. The van der Waals surface area contributed by atoms with Crippen LogP contribution in [0.25, 0.3) is 0 Å². The van der Waals surface area contributed by atoms with Gasteiger partial charge in [0, 0.05) is 38.4 Å². The van der Waals surface area contributed by atoms with Gasteiger partial charge in [0.2, 0.25) is 10.0 Å². The summed E-state index contributed by atoms with van der Waals surface area (Å²) in [6.45, 7) is 2.82. The van der Waals surface area contributed by atoms with Crippen LogP contribution in [-0.2, 0) is 16.6 Å². The zero-order chi connectivity index (χ0) is 14.0. The summed E-state index contributed by atoms with van der Waals surface area (Å²) < 4.78 is 37.4. The quantitative estimate of drug-likeness (QED) is 0.821. The molecule has 2 N–H and O–H groups in total. The number of nitrogens with two attached hydrogens (primary N) is 1. The number of anilines is 1. The first-order valence-corrected chi connectivity index (χ1v) is 7.92. The second-order valence-corrected chi connectivity index (χ2v) is 6.81. The largest absolute Gasteiger partial charge is 0.399 e. The molecule has 0 aromatic heterocycles. The normalized spacial score (nSPS) is 18.6. The van der Waals surface area contributed by atoms with Crippen LogP contribution >= 0.6 is 0 Å². The number of nitrogens with zero attached hydrogens (tertiary/aromatic N) is 2. The van der Waals surface area contributed by atoms with E-state index in [2.05, 4.69) is 4.90 Å². The number of halogens is 1. The maximum Gasteiger partial charge on any atom is 0.211 e. The smallest absolute Gasteiger partial charge is 0.211 e. The first-order valence-electron chi connectivity index (χ1n) is 6.07. The molecule has 1 aromatic rings. The van der Waals surface area contributed by atoms with Crippen molar-refractivity contribution in [1.82, 2.24) is 9.21 Å². The SMILES string of the molecule is CS(=O)(=O)N1CCN(Cc2cc(N)cc(F)c2)CC1. The lowest BCUT2D eigenvalue weighted by atomic mass is 10.1. The summed E-state index contributed by atoms with van der Waals surface area (Å²) in [4.78, 5) is 2.09. The lowest BCUT2D eigenvalue weighted by molar-refractivity contribution is 0.182. The molecule has 2 rings (SSSR count). The van der Waals surface area contributed by atoms with E-state index in [0.29, 0.717) is 38.4 Å². The number of hydrogen-bond acceptors (Lipinski definition) is 4. The highest BCUT2D eigenvalue weighted by molar-refractivity contribution is 7.88. The monoisotopic (exact) mass is 287 g/mol. The molecule has 0 aliphatic carbocycles. The molecule has 19 heavy (non-hydrogen) atoms. The van der Waals surface area contributed by atoms with Crippen LogP contribution in [0.5, 0.6) is 0 Å². The van der Waals surface area contributed by atoms with Gasteiger partial charge in [0.1, 0.15) is 5.82 Å². The third-order valence-corrected chi connectivity index (χ3v) is 4.49. The maximum atomic E-state index is 13.2. The van der Waals surface area contributed by atoms with Gasteiger partial charge in [0.05, 0.1) is 6.26 Å². The predicted molar refractivity (Wildman–Crippen MR) is 72.5 cm³/mol. The Bertz CT molecular complexity index is 534. The molecule has 7 heteroatoms. The van der Waals surface area contributed by atoms with Crippen molar-refractivity contribution in [2.24, 2.45) is 0 Å². The van der Waals surface area contributed by atoms with Gasteiger partial charge in [-0.25, -0.2) is 12.8 Å². The Hall–Kier alpha value is -1.18. The molecule has 0 bridgehead atoms. The fourth-order valence-electron chi connectivity index (χ4n) is 2.24. The van der Waals surface area contributed by atoms with E-state index in [1.165, 1.54) is 22.7 Å². The van der Waals surface area contributed by atoms with E-state index in [1.54, 1.807) is 6.07 Å². The topological polar surface area (TPSA) is 66.6 Å². The van der Waals surface area contributed by atoms with Crippen molar-refractivity contribution in [2.75, 3.05) is 38.2 Å². The summed E-state index contributed by atoms with van der Waals surface area (Å²) in [6, 6.07) is 4.48. The summed E-state index contributed by atoms with van der Waals surface area (Å²) in [5, 5.41) is 0. The first kappa shape index (κ1) is 14.2. The summed E-state index contributed by atoms with van der Waals surface area (Å²) in [5.74, 6) is -0.343. The van der Waals surface area contributed by atoms with Crippen molar-refractivity contribution in [3.63, 3.8) is 0 Å². The number of hydrogen-bond donors (Lipinski definition) is 1. The molecule has 1 heterocycles. The Balaban J connectivity index is 1.96. The molecule has 0 unspecified atom stereocenters. The second kappa shape index (κ2) is 5.44. The standard InChI is InChI=1S/C12H18FN3O2S/c1-19(17,18)16-4-2-15(3-5-16)9-10-6-11(13)8-12(14)7-10/h6-8H,2-5,9,14H2,1H3. The predicted octanol–water partition coefficient (Wildman–Crippen LogP) is 0.485. The fourth-order valence-corrected chi connectivity index (χ4v) is 3.07. The Labute approximate surface area is 112 Å². The van der Waals surface area contributed by atoms with Gasteiger partial charge < -0.3 is 5.73 Å². The Morgan fingerprint density at radius 2 is 1.84 bits per heavy atom. The molecule has 5 nitrogen and oxygen atoms in total. The Morgan fingerprint density at radius 1 is 1.21 bits per heavy atom. The number of rotatable bonds is 3. The molecule has 0 saturated carbocycles. The molecule has 1 saturated heterocycles. The van der Waals surface area contributed by atoms with Crippen LogP contribution in [-0.4, -0.2) is 50.1 Å². The van der Waals surface area contributed by atoms with Crippen LogP contribution in [0.1, 0.15) is 5.56 Å². The van der Waals surface area contributed by atoms with Gasteiger partial charge in [0.15, 0.2) is 0 Å². The molecule has 0 amide bonds. The van der Waals surface area contributed by atoms with Gasteiger partial charge in [-0.2, -0.15) is 4.31 Å². The molecule has 0 radical (unpaired) electrons. The zero-order valence-corrected chi connectivity index (χ0v) is 11.7. The average Bonchev–Trinajstić information content (AvgIpc) is 2.26. The Kier molecular flexibility index (Phi) is 4.07. The van der Waals surface area contributed by atoms with E-state index >= 15 is 0 Å². The molecule has 0 atom stereocenters. The first-order chi connectivity index (χ1) is 8.84. The second-order valence-electron chi connectivity index (χ2n) is 4.83. The average molecular weight is 287 g/mol. The Morgan fingerprint density at radius 3 is 2.37 bits per heavy atom. The van der Waals surface area contributed by atoms with Gasteiger partial charge in [-0.1, -0.05) is 0 Å². The molecular formula is C12H18FN3O2S. The van der Waals surface area contributed by atoms with Crippen LogP contribution in [0.2, 0.25) is 0 Å². The number of sulfonamides is 1. The molecule has 1 aliphatic rings. The highest BCUT2D eigenvalue weighted by Crippen LogP contribution is 2.15. The highest BCUT2D eigenvalue weighted by Gasteiger charge is 2.23. The van der Waals surface area contributed by atoms with Crippen LogP contribution in [0.4, 0.5) is 10.1 Å². The van der Waals surface area contributed by atoms with Crippen molar-refractivity contribution < 1.29 is 12.8 Å². The number of piperazine rings is 1. The van der Waals surface area contributed by atoms with Crippen molar-refractivity contribution in [2.45, 2.75) is 6.54 Å². The van der Waals surface area contributed by atoms with Crippen LogP contribution in [0, 0.1) is 5.82 Å². The zero-order valence-electron chi connectivity index (χ0n) is 10.8. The molecule has 1 aliphatic heterocycles. The maximum absolute atomic E-state index is 13.2. The molecular weight excluding hydrogens is 269 g/mol. The molecule has 106 valence electrons. The lowest BCUT2D eigenvalue weighted by Gasteiger charge is -2.33. The summed E-state index contributed by atoms with van der Waals surface area (Å²) >= 11 is 0. The van der Waals surface area contributed by atoms with Gasteiger partial charge in [0.25, 0.3) is 0 Å². The van der Waals surface area contributed by atoms with E-state index in [9.17, 15) is 12.8 Å². The molecule has 1 aromatic carbocycles. The van der Waals surface area contributed by atoms with E-state index in [-0.39, 0.29) is 5.82 Å². The van der Waals surface area contributed by atoms with Crippen LogP contribution in [0.15, 0.2) is 18.2 Å². The summed E-state index contributed by atoms with van der Waals surface area (Å²) in [6.07, 6.45) is 1.22. The van der Waals surface area contributed by atoms with Crippen molar-refractivity contribution in [3.05, 3.63) is 29.6 Å². The van der Waals surface area contributed by atoms with E-state index < -0.39 is 10.0 Å². The highest BCUT2D eigenvalue weighted by atomic mass is 32.2. The molecule has 1 fully saturated rings. The minimum absolute atomic E-state index is 0.343. The summed E-state index contributed by atoms with van der Waals surface area (Å²) in [7, 11) is -3.11. The van der Waals surface area contributed by atoms with Gasteiger partial charge in [-0.05, 0) is 23.8 Å². The summed E-state index contributed by atoms with van der Waals surface area (Å²) in [5.41, 5.74) is 6.82. The van der Waals surface area contributed by atoms with Crippen molar-refractivity contribution in [1.29, 1.82) is 0 Å². The van der Waals surface area contributed by atoms with Crippen molar-refractivity contribution >= 4 is 15.7 Å². The van der Waals surface area contributed by atoms with Gasteiger partial charge in [-0.15, -0.1) is 0 Å². The van der Waals surface area contributed by atoms with Crippen molar-refractivity contribution in [3.8, 4) is 0 Å². The fraction of sp³-hybridized carbons (Fsp3) is 0.500. The van der Waals surface area contributed by atoms with E-state index in [0.717, 1.165) is 5.56 Å². The third-order valence-electron chi connectivity index (χ3n) is 3.19. The number of benzene rings is 1. The lowest BCUT2D eigenvalue weighted by Crippen LogP contribution is -2.47. The third kappa shape index (κ3) is 3.89. The van der Waals surface area contributed by atoms with Crippen LogP contribution in [0.3, 0.4) is 0 Å². The minimum atomic E-state index is -3.11. The van der Waals surface area contributed by atoms with Gasteiger partial charge >= 0.3 is 0 Å².